The van der Waals surface area contributed by atoms with Crippen molar-refractivity contribution in [1.29, 1.82) is 0 Å². The van der Waals surface area contributed by atoms with Gasteiger partial charge in [0.05, 0.1) is 0 Å². The SMILES string of the molecule is CC(C)CC(C)OC(=O)OC1CCCC(OC(=O)OC(C)CC(C)C)C1. The van der Waals surface area contributed by atoms with Gasteiger partial charge in [-0.25, -0.2) is 9.59 Å². The van der Waals surface area contributed by atoms with Crippen LogP contribution in [0, 0.1) is 11.8 Å². The van der Waals surface area contributed by atoms with Gasteiger partial charge in [-0.15, -0.1) is 0 Å². The van der Waals surface area contributed by atoms with E-state index in [1.807, 2.05) is 13.8 Å². The third-order valence-electron chi connectivity index (χ3n) is 4.31. The summed E-state index contributed by atoms with van der Waals surface area (Å²) in [6, 6.07) is 0. The summed E-state index contributed by atoms with van der Waals surface area (Å²) in [5.41, 5.74) is 0. The number of hydrogen-bond donors (Lipinski definition) is 0. The summed E-state index contributed by atoms with van der Waals surface area (Å²) in [6.07, 6.45) is 2.23. The van der Waals surface area contributed by atoms with Gasteiger partial charge in [0.1, 0.15) is 24.4 Å². The molecule has 0 aromatic carbocycles. The molecule has 6 heteroatoms. The largest absolute Gasteiger partial charge is 0.508 e. The van der Waals surface area contributed by atoms with Crippen LogP contribution in [0.15, 0.2) is 0 Å². The molecule has 0 aromatic heterocycles. The van der Waals surface area contributed by atoms with Crippen molar-refractivity contribution in [2.45, 2.75) is 104 Å². The third kappa shape index (κ3) is 9.88. The number of rotatable bonds is 8. The Labute approximate surface area is 157 Å². The van der Waals surface area contributed by atoms with Crippen LogP contribution in [-0.4, -0.2) is 36.7 Å². The lowest BCUT2D eigenvalue weighted by atomic mass is 9.95. The first-order chi connectivity index (χ1) is 12.2. The molecule has 1 aliphatic rings. The fourth-order valence-corrected chi connectivity index (χ4v) is 3.40. The van der Waals surface area contributed by atoms with Crippen LogP contribution >= 0.6 is 0 Å². The zero-order valence-corrected chi connectivity index (χ0v) is 17.2. The first-order valence-electron chi connectivity index (χ1n) is 9.90. The second-order valence-corrected chi connectivity index (χ2v) is 8.26. The average Bonchev–Trinajstić information content (AvgIpc) is 2.44. The van der Waals surface area contributed by atoms with Crippen molar-refractivity contribution in [1.82, 2.24) is 0 Å². The summed E-state index contributed by atoms with van der Waals surface area (Å²) < 4.78 is 21.3. The molecule has 1 rings (SSSR count). The molecule has 0 radical (unpaired) electrons. The predicted octanol–water partition coefficient (Wildman–Crippen LogP) is 5.47. The lowest BCUT2D eigenvalue weighted by Gasteiger charge is -2.29. The monoisotopic (exact) mass is 372 g/mol. The molecule has 152 valence electrons. The second kappa shape index (κ2) is 11.3. The van der Waals surface area contributed by atoms with E-state index in [-0.39, 0.29) is 24.4 Å². The van der Waals surface area contributed by atoms with Gasteiger partial charge in [-0.2, -0.15) is 0 Å². The van der Waals surface area contributed by atoms with Crippen molar-refractivity contribution in [3.05, 3.63) is 0 Å². The van der Waals surface area contributed by atoms with E-state index in [4.69, 9.17) is 18.9 Å². The molecule has 0 bridgehead atoms. The van der Waals surface area contributed by atoms with E-state index in [1.54, 1.807) is 0 Å². The number of hydrogen-bond acceptors (Lipinski definition) is 6. The summed E-state index contributed by atoms with van der Waals surface area (Å²) >= 11 is 0. The first-order valence-corrected chi connectivity index (χ1v) is 9.90. The zero-order valence-electron chi connectivity index (χ0n) is 17.2. The predicted molar refractivity (Wildman–Crippen MR) is 99.0 cm³/mol. The van der Waals surface area contributed by atoms with Gasteiger partial charge in [0.2, 0.25) is 0 Å². The molecule has 6 nitrogen and oxygen atoms in total. The van der Waals surface area contributed by atoms with Crippen LogP contribution in [0.1, 0.15) is 80.1 Å². The third-order valence-corrected chi connectivity index (χ3v) is 4.31. The maximum Gasteiger partial charge on any atom is 0.508 e. The smallest absolute Gasteiger partial charge is 0.431 e. The Morgan fingerprint density at radius 1 is 0.769 bits per heavy atom. The standard InChI is InChI=1S/C20H36O6/c1-13(2)10-15(5)23-19(21)25-17-8-7-9-18(12-17)26-20(22)24-16(6)11-14(3)4/h13-18H,7-12H2,1-6H3. The topological polar surface area (TPSA) is 71.1 Å². The Kier molecular flexibility index (Phi) is 9.81. The van der Waals surface area contributed by atoms with E-state index in [0.29, 0.717) is 18.3 Å². The Morgan fingerprint density at radius 2 is 1.15 bits per heavy atom. The highest BCUT2D eigenvalue weighted by Crippen LogP contribution is 2.25. The molecule has 0 amide bonds. The van der Waals surface area contributed by atoms with Crippen LogP contribution < -0.4 is 0 Å². The number of carbonyl (C=O) groups is 2. The van der Waals surface area contributed by atoms with Crippen molar-refractivity contribution >= 4 is 12.3 Å². The van der Waals surface area contributed by atoms with E-state index < -0.39 is 12.3 Å². The summed E-state index contributed by atoms with van der Waals surface area (Å²) in [7, 11) is 0. The molecule has 0 N–H and O–H groups in total. The van der Waals surface area contributed by atoms with Gasteiger partial charge in [0, 0.05) is 6.42 Å². The van der Waals surface area contributed by atoms with Crippen LogP contribution in [0.4, 0.5) is 9.59 Å². The van der Waals surface area contributed by atoms with Gasteiger partial charge in [-0.1, -0.05) is 27.7 Å². The highest BCUT2D eigenvalue weighted by molar-refractivity contribution is 5.61. The summed E-state index contributed by atoms with van der Waals surface area (Å²) in [6.45, 7) is 12.0. The minimum absolute atomic E-state index is 0.171. The number of ether oxygens (including phenoxy) is 4. The van der Waals surface area contributed by atoms with Crippen molar-refractivity contribution in [3.8, 4) is 0 Å². The molecular weight excluding hydrogens is 336 g/mol. The van der Waals surface area contributed by atoms with E-state index >= 15 is 0 Å². The van der Waals surface area contributed by atoms with Crippen LogP contribution in [0.25, 0.3) is 0 Å². The van der Waals surface area contributed by atoms with Crippen LogP contribution in [-0.2, 0) is 18.9 Å². The van der Waals surface area contributed by atoms with Crippen LogP contribution in [0.3, 0.4) is 0 Å². The highest BCUT2D eigenvalue weighted by atomic mass is 16.7. The first kappa shape index (κ1) is 22.6. The molecule has 4 unspecified atom stereocenters. The Bertz CT molecular complexity index is 396. The van der Waals surface area contributed by atoms with Crippen molar-refractivity contribution in [2.75, 3.05) is 0 Å². The van der Waals surface area contributed by atoms with Gasteiger partial charge < -0.3 is 18.9 Å². The molecule has 4 atom stereocenters. The van der Waals surface area contributed by atoms with Crippen LogP contribution in [0.2, 0.25) is 0 Å². The fraction of sp³-hybridized carbons (Fsp3) is 0.900. The Morgan fingerprint density at radius 3 is 1.50 bits per heavy atom. The quantitative estimate of drug-likeness (QED) is 0.526. The van der Waals surface area contributed by atoms with E-state index in [9.17, 15) is 9.59 Å². The van der Waals surface area contributed by atoms with Crippen LogP contribution in [0.5, 0.6) is 0 Å². The molecule has 0 heterocycles. The van der Waals surface area contributed by atoms with Crippen molar-refractivity contribution in [2.24, 2.45) is 11.8 Å². The Hall–Kier alpha value is -1.46. The lowest BCUT2D eigenvalue weighted by Crippen LogP contribution is -2.33. The highest BCUT2D eigenvalue weighted by Gasteiger charge is 2.29. The maximum atomic E-state index is 11.9. The van der Waals surface area contributed by atoms with Gasteiger partial charge in [-0.05, 0) is 57.8 Å². The summed E-state index contributed by atoms with van der Waals surface area (Å²) in [4.78, 5) is 23.8. The summed E-state index contributed by atoms with van der Waals surface area (Å²) in [5.74, 6) is 0.906. The maximum absolute atomic E-state index is 11.9. The van der Waals surface area contributed by atoms with Crippen molar-refractivity contribution in [3.63, 3.8) is 0 Å². The van der Waals surface area contributed by atoms with Gasteiger partial charge in [-0.3, -0.25) is 0 Å². The molecule has 0 aromatic rings. The number of carbonyl (C=O) groups excluding carboxylic acids is 2. The molecule has 1 aliphatic carbocycles. The normalized spacial score (nSPS) is 22.6. The minimum atomic E-state index is -0.642. The van der Waals surface area contributed by atoms with Crippen molar-refractivity contribution < 1.29 is 28.5 Å². The Balaban J connectivity index is 2.35. The van der Waals surface area contributed by atoms with Gasteiger partial charge in [0.25, 0.3) is 0 Å². The molecule has 26 heavy (non-hydrogen) atoms. The molecule has 0 saturated heterocycles. The molecular formula is C20H36O6. The summed E-state index contributed by atoms with van der Waals surface area (Å²) in [5, 5.41) is 0. The van der Waals surface area contributed by atoms with E-state index in [2.05, 4.69) is 27.7 Å². The molecule has 0 spiro atoms. The second-order valence-electron chi connectivity index (χ2n) is 8.26. The zero-order chi connectivity index (χ0) is 19.7. The van der Waals surface area contributed by atoms with Gasteiger partial charge in [0.15, 0.2) is 0 Å². The lowest BCUT2D eigenvalue weighted by molar-refractivity contribution is -0.0490. The molecule has 1 saturated carbocycles. The fourth-order valence-electron chi connectivity index (χ4n) is 3.40. The minimum Gasteiger partial charge on any atom is -0.431 e. The van der Waals surface area contributed by atoms with E-state index in [0.717, 1.165) is 32.1 Å². The molecule has 0 aliphatic heterocycles. The molecule has 1 fully saturated rings. The average molecular weight is 373 g/mol. The van der Waals surface area contributed by atoms with Gasteiger partial charge >= 0.3 is 12.3 Å². The van der Waals surface area contributed by atoms with E-state index in [1.165, 1.54) is 0 Å².